The molecule has 4 heterocycles. The van der Waals surface area contributed by atoms with Gasteiger partial charge in [-0.25, -0.2) is 4.98 Å². The van der Waals surface area contributed by atoms with Crippen LogP contribution in [0, 0.1) is 11.8 Å². The Morgan fingerprint density at radius 3 is 2.42 bits per heavy atom. The number of piperidine rings is 2. The molecule has 3 aromatic rings. The molecule has 18 heteroatoms. The second-order valence-electron chi connectivity index (χ2n) is 17.8. The van der Waals surface area contributed by atoms with Crippen LogP contribution in [-0.2, 0) is 35.1 Å². The van der Waals surface area contributed by atoms with Crippen LogP contribution in [0.25, 0.3) is 0 Å². The van der Waals surface area contributed by atoms with Gasteiger partial charge >= 0.3 is 0 Å². The lowest BCUT2D eigenvalue weighted by atomic mass is 9.83. The number of ether oxygens (including phenoxy) is 3. The summed E-state index contributed by atoms with van der Waals surface area (Å²) in [4.78, 5) is 92.3. The lowest BCUT2D eigenvalue weighted by Gasteiger charge is -2.43. The van der Waals surface area contributed by atoms with Crippen molar-refractivity contribution in [3.63, 3.8) is 0 Å². The lowest BCUT2D eigenvalue weighted by Crippen LogP contribution is -2.55. The van der Waals surface area contributed by atoms with Crippen molar-refractivity contribution in [2.24, 2.45) is 11.8 Å². The fourth-order valence-electron chi connectivity index (χ4n) is 10.0. The Morgan fingerprint density at radius 1 is 0.909 bits per heavy atom. The molecule has 3 aliphatic heterocycles. The van der Waals surface area contributed by atoms with Gasteiger partial charge in [-0.3, -0.25) is 34.1 Å². The minimum absolute atomic E-state index is 0.0350. The van der Waals surface area contributed by atoms with Gasteiger partial charge < -0.3 is 44.9 Å². The number of likely N-dealkylation sites (tertiary alicyclic amines) is 1. The summed E-state index contributed by atoms with van der Waals surface area (Å²) in [5, 5.41) is 11.7. The quantitative estimate of drug-likeness (QED) is 0.103. The van der Waals surface area contributed by atoms with E-state index in [1.807, 2.05) is 6.92 Å². The number of likely N-dealkylation sites (N-methyl/N-ethyl adjacent to an activating group) is 1. The molecule has 1 saturated carbocycles. The molecule has 0 spiro atoms. The maximum Gasteiger partial charge on any atom is 0.251 e. The zero-order chi connectivity index (χ0) is 46.3. The zero-order valence-electron chi connectivity index (χ0n) is 38.1. The fraction of sp³-hybridized carbons (Fsp3) is 0.542. The highest BCUT2D eigenvalue weighted by Crippen LogP contribution is 2.41. The smallest absolute Gasteiger partial charge is 0.251 e. The van der Waals surface area contributed by atoms with Crippen molar-refractivity contribution in [3.8, 4) is 5.75 Å². The van der Waals surface area contributed by atoms with Gasteiger partial charge in [-0.05, 0) is 74.8 Å². The standard InChI is InChI=1S/C48H61N9O9/c1-4-38-47(63)55(2)39-28-49-48(54-44(39)57(38)31-8-5-6-9-31)52-37-14-12-29(26-40(37)64-3)45(61)50-30-16-19-56(20-17-30)21-23-66-25-24-65-22-18-42(59)51-36-11-7-10-32-34(36)27-35(43(32)60)33-13-15-41(58)53-46(33)62/h7,10-12,14,26,28,30-31,33,35,38H,4-6,8-9,13,15-25,27H2,1-3H3,(H,50,61)(H,51,59)(H,49,52,54)(H,53,58,62)/t33?,35?,38-/m1/s1. The van der Waals surface area contributed by atoms with Crippen LogP contribution >= 0.6 is 0 Å². The minimum atomic E-state index is -0.564. The first-order valence-corrected chi connectivity index (χ1v) is 23.4. The van der Waals surface area contributed by atoms with Crippen LogP contribution in [0.3, 0.4) is 0 Å². The molecular weight excluding hydrogens is 847 g/mol. The van der Waals surface area contributed by atoms with Crippen molar-refractivity contribution in [1.82, 2.24) is 25.5 Å². The van der Waals surface area contributed by atoms with Gasteiger partial charge in [-0.15, -0.1) is 0 Å². The number of anilines is 5. The number of benzene rings is 2. The van der Waals surface area contributed by atoms with E-state index < -0.39 is 17.7 Å². The number of imide groups is 1. The molecule has 2 aliphatic carbocycles. The topological polar surface area (TPSA) is 214 Å². The Bertz CT molecular complexity index is 2310. The van der Waals surface area contributed by atoms with Gasteiger partial charge in [0.25, 0.3) is 5.91 Å². The summed E-state index contributed by atoms with van der Waals surface area (Å²) >= 11 is 0. The molecule has 1 aromatic heterocycles. The predicted molar refractivity (Wildman–Crippen MR) is 246 cm³/mol. The van der Waals surface area contributed by atoms with Crippen molar-refractivity contribution >= 4 is 64.1 Å². The van der Waals surface area contributed by atoms with Crippen LogP contribution in [0.4, 0.5) is 28.8 Å². The minimum Gasteiger partial charge on any atom is -0.495 e. The first-order valence-electron chi connectivity index (χ1n) is 23.4. The average Bonchev–Trinajstić information content (AvgIpc) is 3.97. The van der Waals surface area contributed by atoms with Crippen LogP contribution < -0.4 is 35.8 Å². The summed E-state index contributed by atoms with van der Waals surface area (Å²) in [5.41, 5.74) is 3.58. The monoisotopic (exact) mass is 907 g/mol. The highest BCUT2D eigenvalue weighted by atomic mass is 16.5. The maximum absolute atomic E-state index is 13.4. The van der Waals surface area contributed by atoms with Gasteiger partial charge in [0.2, 0.25) is 29.6 Å². The molecule has 0 bridgehead atoms. The molecule has 5 amide bonds. The van der Waals surface area contributed by atoms with E-state index in [9.17, 15) is 28.8 Å². The summed E-state index contributed by atoms with van der Waals surface area (Å²) < 4.78 is 17.2. The average molecular weight is 908 g/mol. The molecule has 2 unspecified atom stereocenters. The molecule has 0 radical (unpaired) electrons. The number of fused-ring (bicyclic) bond motifs is 2. The van der Waals surface area contributed by atoms with Crippen molar-refractivity contribution in [1.29, 1.82) is 0 Å². The van der Waals surface area contributed by atoms with Crippen molar-refractivity contribution in [3.05, 3.63) is 59.3 Å². The van der Waals surface area contributed by atoms with Gasteiger partial charge in [0, 0.05) is 73.8 Å². The molecule has 66 heavy (non-hydrogen) atoms. The Labute approximate surface area is 384 Å². The van der Waals surface area contributed by atoms with Gasteiger partial charge in [-0.1, -0.05) is 31.9 Å². The first-order chi connectivity index (χ1) is 32.0. The Hall–Kier alpha value is -5.98. The molecular formula is C48H61N9O9. The van der Waals surface area contributed by atoms with Crippen LogP contribution in [0.15, 0.2) is 42.6 Å². The van der Waals surface area contributed by atoms with E-state index in [4.69, 9.17) is 19.2 Å². The maximum atomic E-state index is 13.4. The lowest BCUT2D eigenvalue weighted by molar-refractivity contribution is -0.137. The fourth-order valence-corrected chi connectivity index (χ4v) is 10.0. The normalized spacial score (nSPS) is 21.4. The second kappa shape index (κ2) is 21.1. The summed E-state index contributed by atoms with van der Waals surface area (Å²) in [6.45, 7) is 5.91. The first kappa shape index (κ1) is 46.5. The number of nitrogens with zero attached hydrogens (tertiary/aromatic N) is 5. The number of aromatic nitrogens is 2. The summed E-state index contributed by atoms with van der Waals surface area (Å²) in [6.07, 6.45) is 9.35. The van der Waals surface area contributed by atoms with E-state index in [-0.39, 0.29) is 67.0 Å². The Kier molecular flexibility index (Phi) is 14.9. The third-order valence-electron chi connectivity index (χ3n) is 13.7. The van der Waals surface area contributed by atoms with Crippen LogP contribution in [0.2, 0.25) is 0 Å². The number of Topliss-reactive ketones (excluding diaryl/α,β-unsaturated/α-hetero) is 1. The predicted octanol–water partition coefficient (Wildman–Crippen LogP) is 4.40. The van der Waals surface area contributed by atoms with Crippen LogP contribution in [0.1, 0.15) is 97.4 Å². The van der Waals surface area contributed by atoms with Crippen LogP contribution in [0.5, 0.6) is 5.75 Å². The number of methoxy groups -OCH3 is 1. The highest BCUT2D eigenvalue weighted by Gasteiger charge is 2.43. The van der Waals surface area contributed by atoms with E-state index in [0.29, 0.717) is 79.0 Å². The molecule has 3 atom stereocenters. The Morgan fingerprint density at radius 2 is 1.68 bits per heavy atom. The molecule has 3 fully saturated rings. The molecule has 5 aliphatic rings. The van der Waals surface area contributed by atoms with E-state index in [2.05, 4.69) is 36.1 Å². The number of amides is 5. The van der Waals surface area contributed by atoms with E-state index in [1.165, 1.54) is 0 Å². The Balaban J connectivity index is 0.719. The third kappa shape index (κ3) is 10.3. The zero-order valence-corrected chi connectivity index (χ0v) is 38.1. The van der Waals surface area contributed by atoms with Crippen molar-refractivity contribution in [2.75, 3.05) is 80.7 Å². The van der Waals surface area contributed by atoms with Gasteiger partial charge in [-0.2, -0.15) is 4.98 Å². The van der Waals surface area contributed by atoms with Gasteiger partial charge in [0.15, 0.2) is 11.6 Å². The van der Waals surface area contributed by atoms with Crippen molar-refractivity contribution in [2.45, 2.75) is 95.7 Å². The van der Waals surface area contributed by atoms with Gasteiger partial charge in [0.1, 0.15) is 17.5 Å². The molecule has 4 N–H and O–H groups in total. The SMILES string of the molecule is CC[C@@H]1C(=O)N(C)c2cnc(Nc3ccc(C(=O)NC4CCN(CCOCCOCCC(=O)Nc5cccc6c5CC(C5CCC(=O)NC5=O)C6=O)CC4)cc3OC)nc2N1C1CCCC1. The third-order valence-corrected chi connectivity index (χ3v) is 13.7. The summed E-state index contributed by atoms with van der Waals surface area (Å²) in [6, 6.07) is 10.5. The second-order valence-corrected chi connectivity index (χ2v) is 17.8. The number of carbonyl (C=O) groups is 6. The number of ketones is 1. The van der Waals surface area contributed by atoms with Gasteiger partial charge in [0.05, 0.1) is 51.8 Å². The van der Waals surface area contributed by atoms with Crippen molar-refractivity contribution < 1.29 is 43.0 Å². The number of carbonyl (C=O) groups excluding carboxylic acids is 6. The largest absolute Gasteiger partial charge is 0.495 e. The summed E-state index contributed by atoms with van der Waals surface area (Å²) in [5.74, 6) is -0.710. The number of hydrogen-bond donors (Lipinski definition) is 4. The highest BCUT2D eigenvalue weighted by molar-refractivity contribution is 6.09. The van der Waals surface area contributed by atoms with E-state index >= 15 is 0 Å². The van der Waals surface area contributed by atoms with E-state index in [1.54, 1.807) is 61.7 Å². The molecule has 352 valence electrons. The summed E-state index contributed by atoms with van der Waals surface area (Å²) in [7, 11) is 3.34. The molecule has 18 nitrogen and oxygen atoms in total. The number of rotatable bonds is 18. The van der Waals surface area contributed by atoms with E-state index in [0.717, 1.165) is 69.5 Å². The molecule has 2 aromatic carbocycles. The molecule has 2 saturated heterocycles. The van der Waals surface area contributed by atoms with Crippen LogP contribution in [-0.4, -0.2) is 129 Å². The molecule has 8 rings (SSSR count). The number of nitrogens with one attached hydrogen (secondary N) is 4. The number of hydrogen-bond acceptors (Lipinski definition) is 14.